The van der Waals surface area contributed by atoms with Gasteiger partial charge in [-0.05, 0) is 42.3 Å². The molecule has 0 radical (unpaired) electrons. The summed E-state index contributed by atoms with van der Waals surface area (Å²) in [7, 11) is 0. The van der Waals surface area contributed by atoms with Crippen LogP contribution in [0.15, 0.2) is 41.0 Å². The summed E-state index contributed by atoms with van der Waals surface area (Å²) >= 11 is 3.29. The quantitative estimate of drug-likeness (QED) is 0.829. The highest BCUT2D eigenvalue weighted by Gasteiger charge is 2.07. The van der Waals surface area contributed by atoms with Crippen LogP contribution in [0, 0.1) is 11.7 Å². The number of benzene rings is 1. The van der Waals surface area contributed by atoms with Crippen molar-refractivity contribution in [2.45, 2.75) is 20.4 Å². The summed E-state index contributed by atoms with van der Waals surface area (Å²) in [5.41, 5.74) is 1.05. The highest BCUT2D eigenvalue weighted by molar-refractivity contribution is 9.10. The number of pyridine rings is 1. The normalized spacial score (nSPS) is 10.9. The number of nitrogens with zero attached hydrogens (tertiary/aromatic N) is 1. The molecule has 2 rings (SSSR count). The number of hydrogen-bond acceptors (Lipinski definition) is 3. The molecule has 112 valence electrons. The minimum absolute atomic E-state index is 0.157. The average Bonchev–Trinajstić information content (AvgIpc) is 2.43. The Morgan fingerprint density at radius 2 is 2.10 bits per heavy atom. The Kier molecular flexibility index (Phi) is 5.70. The van der Waals surface area contributed by atoms with E-state index < -0.39 is 5.82 Å². The van der Waals surface area contributed by atoms with Gasteiger partial charge < -0.3 is 10.1 Å². The van der Waals surface area contributed by atoms with Crippen LogP contribution < -0.4 is 10.1 Å². The Labute approximate surface area is 132 Å². The number of ether oxygens (including phenoxy) is 1. The van der Waals surface area contributed by atoms with E-state index in [4.69, 9.17) is 4.74 Å². The predicted octanol–water partition coefficient (Wildman–Crippen LogP) is 4.52. The minimum atomic E-state index is -0.414. The van der Waals surface area contributed by atoms with Crippen LogP contribution in [0.1, 0.15) is 19.4 Å². The lowest BCUT2D eigenvalue weighted by Crippen LogP contribution is -2.18. The van der Waals surface area contributed by atoms with Crippen molar-refractivity contribution in [3.05, 3.63) is 52.4 Å². The van der Waals surface area contributed by atoms with Gasteiger partial charge in [0.2, 0.25) is 5.88 Å². The Balaban J connectivity index is 2.05. The van der Waals surface area contributed by atoms with E-state index >= 15 is 0 Å². The molecule has 21 heavy (non-hydrogen) atoms. The lowest BCUT2D eigenvalue weighted by Gasteiger charge is -2.09. The second-order valence-electron chi connectivity index (χ2n) is 5.20. The van der Waals surface area contributed by atoms with Crippen molar-refractivity contribution in [3.63, 3.8) is 0 Å². The molecule has 0 fully saturated rings. The molecule has 0 atom stereocenters. The van der Waals surface area contributed by atoms with Gasteiger partial charge in [-0.2, -0.15) is 0 Å². The molecule has 5 heteroatoms. The van der Waals surface area contributed by atoms with Crippen LogP contribution in [0.25, 0.3) is 0 Å². The topological polar surface area (TPSA) is 34.2 Å². The maximum Gasteiger partial charge on any atom is 0.219 e. The highest BCUT2D eigenvalue weighted by atomic mass is 79.9. The number of aromatic nitrogens is 1. The third-order valence-corrected chi connectivity index (χ3v) is 3.28. The molecule has 0 bridgehead atoms. The number of rotatable bonds is 6. The standard InChI is InChI=1S/C16H18BrFN2O/c1-11(2)9-19-10-12-5-6-20-16(7-12)21-15-8-13(17)3-4-14(15)18/h3-8,11,19H,9-10H2,1-2H3. The molecule has 0 saturated carbocycles. The van der Waals surface area contributed by atoms with E-state index in [1.807, 2.05) is 12.1 Å². The summed E-state index contributed by atoms with van der Waals surface area (Å²) < 4.78 is 19.9. The molecule has 1 N–H and O–H groups in total. The third-order valence-electron chi connectivity index (χ3n) is 2.79. The minimum Gasteiger partial charge on any atom is -0.436 e. The Bertz CT molecular complexity index is 605. The summed E-state index contributed by atoms with van der Waals surface area (Å²) in [5.74, 6) is 0.724. The number of nitrogens with one attached hydrogen (secondary N) is 1. The number of hydrogen-bond donors (Lipinski definition) is 1. The molecule has 0 amide bonds. The molecular formula is C16H18BrFN2O. The van der Waals surface area contributed by atoms with Gasteiger partial charge in [0.1, 0.15) is 0 Å². The van der Waals surface area contributed by atoms with Gasteiger partial charge in [0.15, 0.2) is 11.6 Å². The van der Waals surface area contributed by atoms with Crippen LogP contribution >= 0.6 is 15.9 Å². The maximum atomic E-state index is 13.7. The third kappa shape index (κ3) is 5.10. The van der Waals surface area contributed by atoms with E-state index in [1.54, 1.807) is 18.3 Å². The van der Waals surface area contributed by atoms with Gasteiger partial charge in [-0.3, -0.25) is 0 Å². The molecule has 1 aromatic carbocycles. The fourth-order valence-electron chi connectivity index (χ4n) is 1.79. The van der Waals surface area contributed by atoms with Crippen LogP contribution in [0.3, 0.4) is 0 Å². The van der Waals surface area contributed by atoms with Gasteiger partial charge in [0, 0.05) is 23.3 Å². The SMILES string of the molecule is CC(C)CNCc1ccnc(Oc2cc(Br)ccc2F)c1. The molecule has 1 heterocycles. The Morgan fingerprint density at radius 3 is 2.86 bits per heavy atom. The van der Waals surface area contributed by atoms with Gasteiger partial charge in [-0.15, -0.1) is 0 Å². The van der Waals surface area contributed by atoms with Crippen LogP contribution in [0.2, 0.25) is 0 Å². The second kappa shape index (κ2) is 7.52. The van der Waals surface area contributed by atoms with Crippen LogP contribution in [-0.4, -0.2) is 11.5 Å². The molecule has 0 aliphatic heterocycles. The van der Waals surface area contributed by atoms with Crippen molar-refractivity contribution >= 4 is 15.9 Å². The molecule has 1 aromatic heterocycles. The summed E-state index contributed by atoms with van der Waals surface area (Å²) in [5, 5.41) is 3.35. The maximum absolute atomic E-state index is 13.7. The van der Waals surface area contributed by atoms with E-state index in [1.165, 1.54) is 6.07 Å². The van der Waals surface area contributed by atoms with Gasteiger partial charge in [0.25, 0.3) is 0 Å². The van der Waals surface area contributed by atoms with E-state index in [0.29, 0.717) is 11.8 Å². The van der Waals surface area contributed by atoms with E-state index in [0.717, 1.165) is 23.1 Å². The Morgan fingerprint density at radius 1 is 1.29 bits per heavy atom. The summed E-state index contributed by atoms with van der Waals surface area (Å²) in [6.07, 6.45) is 1.66. The molecule has 0 spiro atoms. The molecule has 0 saturated heterocycles. The van der Waals surface area contributed by atoms with Crippen molar-refractivity contribution in [1.29, 1.82) is 0 Å². The predicted molar refractivity (Wildman–Crippen MR) is 85.0 cm³/mol. The van der Waals surface area contributed by atoms with Crippen molar-refractivity contribution in [1.82, 2.24) is 10.3 Å². The zero-order valence-electron chi connectivity index (χ0n) is 12.1. The molecule has 3 nitrogen and oxygen atoms in total. The zero-order chi connectivity index (χ0) is 15.2. The van der Waals surface area contributed by atoms with Crippen molar-refractivity contribution in [2.75, 3.05) is 6.54 Å². The van der Waals surface area contributed by atoms with Crippen LogP contribution in [-0.2, 0) is 6.54 Å². The van der Waals surface area contributed by atoms with Gasteiger partial charge in [-0.1, -0.05) is 29.8 Å². The Hall–Kier alpha value is -1.46. The molecule has 0 aliphatic carbocycles. The monoisotopic (exact) mass is 352 g/mol. The summed E-state index contributed by atoms with van der Waals surface area (Å²) in [6, 6.07) is 8.29. The smallest absolute Gasteiger partial charge is 0.219 e. The molecular weight excluding hydrogens is 335 g/mol. The number of halogens is 2. The fraction of sp³-hybridized carbons (Fsp3) is 0.312. The lowest BCUT2D eigenvalue weighted by atomic mass is 10.2. The lowest BCUT2D eigenvalue weighted by molar-refractivity contribution is 0.426. The van der Waals surface area contributed by atoms with Gasteiger partial charge in [0.05, 0.1) is 0 Å². The van der Waals surface area contributed by atoms with Crippen molar-refractivity contribution in [2.24, 2.45) is 5.92 Å². The summed E-state index contributed by atoms with van der Waals surface area (Å²) in [4.78, 5) is 4.12. The van der Waals surface area contributed by atoms with E-state index in [2.05, 4.69) is 40.1 Å². The zero-order valence-corrected chi connectivity index (χ0v) is 13.7. The first-order valence-electron chi connectivity index (χ1n) is 6.83. The highest BCUT2D eigenvalue weighted by Crippen LogP contribution is 2.26. The largest absolute Gasteiger partial charge is 0.436 e. The molecule has 0 aliphatic rings. The van der Waals surface area contributed by atoms with E-state index in [-0.39, 0.29) is 5.75 Å². The van der Waals surface area contributed by atoms with Crippen LogP contribution in [0.4, 0.5) is 4.39 Å². The fourth-order valence-corrected chi connectivity index (χ4v) is 2.13. The molecule has 2 aromatic rings. The first kappa shape index (κ1) is 15.9. The van der Waals surface area contributed by atoms with Crippen molar-refractivity contribution in [3.8, 4) is 11.6 Å². The van der Waals surface area contributed by atoms with Crippen LogP contribution in [0.5, 0.6) is 11.6 Å². The first-order chi connectivity index (χ1) is 10.0. The second-order valence-corrected chi connectivity index (χ2v) is 6.12. The van der Waals surface area contributed by atoms with Crippen molar-refractivity contribution < 1.29 is 9.13 Å². The first-order valence-corrected chi connectivity index (χ1v) is 7.62. The average molecular weight is 353 g/mol. The van der Waals surface area contributed by atoms with Gasteiger partial charge in [-0.25, -0.2) is 9.37 Å². The summed E-state index contributed by atoms with van der Waals surface area (Å²) in [6.45, 7) is 5.99. The van der Waals surface area contributed by atoms with E-state index in [9.17, 15) is 4.39 Å². The molecule has 0 unspecified atom stereocenters. The van der Waals surface area contributed by atoms with Gasteiger partial charge >= 0.3 is 0 Å².